The number of aromatic nitrogens is 1. The Morgan fingerprint density at radius 1 is 1.19 bits per heavy atom. The first-order chi connectivity index (χ1) is 10.2. The van der Waals surface area contributed by atoms with Crippen molar-refractivity contribution in [3.05, 3.63) is 58.3 Å². The molecule has 5 nitrogen and oxygen atoms in total. The zero-order chi connectivity index (χ0) is 15.1. The highest BCUT2D eigenvalue weighted by Crippen LogP contribution is 2.12. The zero-order valence-corrected chi connectivity index (χ0v) is 12.9. The molecule has 0 atom stereocenters. The molecular formula is C15H16BrN3O2. The summed E-state index contributed by atoms with van der Waals surface area (Å²) in [6.07, 6.45) is 1.76. The van der Waals surface area contributed by atoms with Gasteiger partial charge in [-0.1, -0.05) is 0 Å². The van der Waals surface area contributed by atoms with E-state index < -0.39 is 0 Å². The number of anilines is 1. The number of benzene rings is 1. The van der Waals surface area contributed by atoms with E-state index in [0.29, 0.717) is 12.1 Å². The number of carbonyl (C=O) groups is 1. The lowest BCUT2D eigenvalue weighted by molar-refractivity contribution is 0.0945. The van der Waals surface area contributed by atoms with Crippen molar-refractivity contribution in [3.8, 4) is 0 Å². The van der Waals surface area contributed by atoms with Gasteiger partial charge < -0.3 is 15.7 Å². The standard InChI is InChI=1S/C15H16BrN3O2/c16-12-3-6-14(18-9-12)10-19-13-4-1-11(2-5-13)15(21)17-7-8-20/h1-6,9,19-20H,7-8,10H2,(H,17,21). The zero-order valence-electron chi connectivity index (χ0n) is 11.3. The highest BCUT2D eigenvalue weighted by atomic mass is 79.9. The molecule has 1 aromatic heterocycles. The van der Waals surface area contributed by atoms with Crippen LogP contribution in [0.2, 0.25) is 0 Å². The van der Waals surface area contributed by atoms with Gasteiger partial charge in [0.15, 0.2) is 0 Å². The average Bonchev–Trinajstić information content (AvgIpc) is 2.52. The highest BCUT2D eigenvalue weighted by Gasteiger charge is 2.04. The third kappa shape index (κ3) is 4.84. The summed E-state index contributed by atoms with van der Waals surface area (Å²) in [6, 6.07) is 11.0. The van der Waals surface area contributed by atoms with Gasteiger partial charge >= 0.3 is 0 Å². The molecule has 0 fully saturated rings. The molecule has 2 aromatic rings. The van der Waals surface area contributed by atoms with E-state index in [2.05, 4.69) is 31.5 Å². The van der Waals surface area contributed by atoms with E-state index in [4.69, 9.17) is 5.11 Å². The predicted molar refractivity (Wildman–Crippen MR) is 85.1 cm³/mol. The Bertz CT molecular complexity index is 585. The second-order valence-electron chi connectivity index (χ2n) is 4.38. The molecule has 110 valence electrons. The van der Waals surface area contributed by atoms with E-state index in [1.165, 1.54) is 0 Å². The van der Waals surface area contributed by atoms with Crippen LogP contribution in [-0.4, -0.2) is 29.1 Å². The van der Waals surface area contributed by atoms with E-state index in [1.54, 1.807) is 18.3 Å². The van der Waals surface area contributed by atoms with Gasteiger partial charge in [0.25, 0.3) is 5.91 Å². The molecule has 0 saturated heterocycles. The lowest BCUT2D eigenvalue weighted by Crippen LogP contribution is -2.26. The van der Waals surface area contributed by atoms with Crippen LogP contribution in [0, 0.1) is 0 Å². The van der Waals surface area contributed by atoms with Crippen LogP contribution >= 0.6 is 15.9 Å². The maximum absolute atomic E-state index is 11.7. The van der Waals surface area contributed by atoms with Crippen molar-refractivity contribution < 1.29 is 9.90 Å². The minimum Gasteiger partial charge on any atom is -0.395 e. The van der Waals surface area contributed by atoms with E-state index >= 15 is 0 Å². The number of halogens is 1. The van der Waals surface area contributed by atoms with Crippen molar-refractivity contribution in [1.29, 1.82) is 0 Å². The average molecular weight is 350 g/mol. The number of nitrogens with zero attached hydrogens (tertiary/aromatic N) is 1. The summed E-state index contributed by atoms with van der Waals surface area (Å²) >= 11 is 3.34. The Labute approximate surface area is 131 Å². The van der Waals surface area contributed by atoms with Gasteiger partial charge in [0, 0.05) is 28.5 Å². The molecule has 0 bridgehead atoms. The molecule has 0 radical (unpaired) electrons. The SMILES string of the molecule is O=C(NCCO)c1ccc(NCc2ccc(Br)cn2)cc1. The molecule has 0 spiro atoms. The van der Waals surface area contributed by atoms with Crippen molar-refractivity contribution in [2.75, 3.05) is 18.5 Å². The normalized spacial score (nSPS) is 10.2. The lowest BCUT2D eigenvalue weighted by atomic mass is 10.2. The molecule has 0 aliphatic rings. The van der Waals surface area contributed by atoms with Crippen LogP contribution < -0.4 is 10.6 Å². The van der Waals surface area contributed by atoms with Gasteiger partial charge in [0.05, 0.1) is 18.8 Å². The van der Waals surface area contributed by atoms with Crippen LogP contribution in [0.15, 0.2) is 47.1 Å². The summed E-state index contributed by atoms with van der Waals surface area (Å²) in [5.74, 6) is -0.190. The van der Waals surface area contributed by atoms with Gasteiger partial charge in [0.1, 0.15) is 0 Å². The lowest BCUT2D eigenvalue weighted by Gasteiger charge is -2.07. The molecule has 21 heavy (non-hydrogen) atoms. The van der Waals surface area contributed by atoms with Gasteiger partial charge in [-0.15, -0.1) is 0 Å². The Morgan fingerprint density at radius 3 is 2.57 bits per heavy atom. The molecule has 6 heteroatoms. The fourth-order valence-electron chi connectivity index (χ4n) is 1.71. The highest BCUT2D eigenvalue weighted by molar-refractivity contribution is 9.10. The molecule has 1 aromatic carbocycles. The monoisotopic (exact) mass is 349 g/mol. The van der Waals surface area contributed by atoms with Gasteiger partial charge in [-0.25, -0.2) is 0 Å². The Balaban J connectivity index is 1.90. The molecule has 0 aliphatic carbocycles. The van der Waals surface area contributed by atoms with Gasteiger partial charge in [-0.05, 0) is 52.3 Å². The summed E-state index contributed by atoms with van der Waals surface area (Å²) in [6.45, 7) is 0.809. The number of amides is 1. The number of carbonyl (C=O) groups excluding carboxylic acids is 1. The molecular weight excluding hydrogens is 334 g/mol. The number of hydrogen-bond donors (Lipinski definition) is 3. The molecule has 3 N–H and O–H groups in total. The third-order valence-corrected chi connectivity index (χ3v) is 3.28. The van der Waals surface area contributed by atoms with Gasteiger partial charge in [0.2, 0.25) is 0 Å². The predicted octanol–water partition coefficient (Wildman–Crippen LogP) is 2.18. The largest absolute Gasteiger partial charge is 0.395 e. The first kappa shape index (κ1) is 15.5. The fraction of sp³-hybridized carbons (Fsp3) is 0.200. The number of nitrogens with one attached hydrogen (secondary N) is 2. The van der Waals surface area contributed by atoms with Crippen LogP contribution in [-0.2, 0) is 6.54 Å². The molecule has 0 saturated carbocycles. The maximum atomic E-state index is 11.7. The molecule has 1 heterocycles. The van der Waals surface area contributed by atoms with Crippen molar-refractivity contribution in [2.24, 2.45) is 0 Å². The second kappa shape index (κ2) is 7.75. The third-order valence-electron chi connectivity index (χ3n) is 2.81. The van der Waals surface area contributed by atoms with Crippen molar-refractivity contribution in [3.63, 3.8) is 0 Å². The first-order valence-electron chi connectivity index (χ1n) is 6.52. The number of aliphatic hydroxyl groups excluding tert-OH is 1. The van der Waals surface area contributed by atoms with E-state index in [-0.39, 0.29) is 19.1 Å². The van der Waals surface area contributed by atoms with Crippen molar-refractivity contribution >= 4 is 27.5 Å². The number of pyridine rings is 1. The molecule has 1 amide bonds. The van der Waals surface area contributed by atoms with E-state index in [1.807, 2.05) is 24.3 Å². The minimum absolute atomic E-state index is 0.0639. The van der Waals surface area contributed by atoms with Crippen molar-refractivity contribution in [1.82, 2.24) is 10.3 Å². The summed E-state index contributed by atoms with van der Waals surface area (Å²) in [4.78, 5) is 15.9. The summed E-state index contributed by atoms with van der Waals surface area (Å²) in [7, 11) is 0. The van der Waals surface area contributed by atoms with Crippen LogP contribution in [0.4, 0.5) is 5.69 Å². The van der Waals surface area contributed by atoms with Crippen molar-refractivity contribution in [2.45, 2.75) is 6.54 Å². The molecule has 0 unspecified atom stereocenters. The smallest absolute Gasteiger partial charge is 0.251 e. The summed E-state index contributed by atoms with van der Waals surface area (Å²) < 4.78 is 0.949. The number of hydrogen-bond acceptors (Lipinski definition) is 4. The van der Waals surface area contributed by atoms with E-state index in [0.717, 1.165) is 15.9 Å². The Hall–Kier alpha value is -1.92. The van der Waals surface area contributed by atoms with Crippen LogP contribution in [0.25, 0.3) is 0 Å². The van der Waals surface area contributed by atoms with E-state index in [9.17, 15) is 4.79 Å². The second-order valence-corrected chi connectivity index (χ2v) is 5.29. The minimum atomic E-state index is -0.190. The van der Waals surface area contributed by atoms with Gasteiger partial charge in [-0.3, -0.25) is 9.78 Å². The molecule has 2 rings (SSSR count). The van der Waals surface area contributed by atoms with Crippen LogP contribution in [0.3, 0.4) is 0 Å². The van der Waals surface area contributed by atoms with Crippen LogP contribution in [0.1, 0.15) is 16.1 Å². The topological polar surface area (TPSA) is 74.2 Å². The van der Waals surface area contributed by atoms with Gasteiger partial charge in [-0.2, -0.15) is 0 Å². The maximum Gasteiger partial charge on any atom is 0.251 e. The summed E-state index contributed by atoms with van der Waals surface area (Å²) in [5.41, 5.74) is 2.41. The fourth-order valence-corrected chi connectivity index (χ4v) is 1.95. The Kier molecular flexibility index (Phi) is 5.71. The quantitative estimate of drug-likeness (QED) is 0.747. The molecule has 0 aliphatic heterocycles. The number of rotatable bonds is 6. The Morgan fingerprint density at radius 2 is 1.95 bits per heavy atom. The first-order valence-corrected chi connectivity index (χ1v) is 7.32. The number of aliphatic hydroxyl groups is 1. The van der Waals surface area contributed by atoms with Crippen LogP contribution in [0.5, 0.6) is 0 Å². The summed E-state index contributed by atoms with van der Waals surface area (Å²) in [5, 5.41) is 14.5.